The number of benzene rings is 2. The second-order valence-corrected chi connectivity index (χ2v) is 8.85. The van der Waals surface area contributed by atoms with Crippen LogP contribution < -0.4 is 10.6 Å². The van der Waals surface area contributed by atoms with Crippen molar-refractivity contribution in [3.63, 3.8) is 0 Å². The molecular formula is C22H25OP. The van der Waals surface area contributed by atoms with Gasteiger partial charge in [0.25, 0.3) is 0 Å². The summed E-state index contributed by atoms with van der Waals surface area (Å²) in [5.41, 5.74) is 2.17. The van der Waals surface area contributed by atoms with Gasteiger partial charge in [0.05, 0.1) is 6.10 Å². The van der Waals surface area contributed by atoms with Gasteiger partial charge in [0.2, 0.25) is 0 Å². The summed E-state index contributed by atoms with van der Waals surface area (Å²) in [5.74, 6) is 0.524. The highest BCUT2D eigenvalue weighted by atomic mass is 31.1. The van der Waals surface area contributed by atoms with Crippen molar-refractivity contribution in [2.24, 2.45) is 5.92 Å². The summed E-state index contributed by atoms with van der Waals surface area (Å²) >= 11 is 0. The van der Waals surface area contributed by atoms with Crippen LogP contribution in [0.5, 0.6) is 0 Å². The molecule has 24 heavy (non-hydrogen) atoms. The fourth-order valence-electron chi connectivity index (χ4n) is 3.32. The van der Waals surface area contributed by atoms with Gasteiger partial charge < -0.3 is 5.11 Å². The van der Waals surface area contributed by atoms with Gasteiger partial charge in [0, 0.05) is 0 Å². The molecule has 3 rings (SSSR count). The smallest absolute Gasteiger partial charge is 0.0789 e. The first-order valence-electron chi connectivity index (χ1n) is 8.59. The summed E-state index contributed by atoms with van der Waals surface area (Å²) in [6.07, 6.45) is 4.81. The fraction of sp³-hybridized carbons (Fsp3) is 0.273. The molecule has 1 nitrogen and oxygen atoms in total. The molecule has 0 aliphatic heterocycles. The van der Waals surface area contributed by atoms with Crippen LogP contribution in [0.4, 0.5) is 0 Å². The Kier molecular flexibility index (Phi) is 5.66. The average molecular weight is 336 g/mol. The zero-order valence-corrected chi connectivity index (χ0v) is 15.1. The van der Waals surface area contributed by atoms with Crippen LogP contribution in [-0.2, 0) is 0 Å². The SMILES string of the molecule is C=C1/C(=C\CP(c2ccccc2)c2ccccc2)CC(C)CC1O. The van der Waals surface area contributed by atoms with Crippen molar-refractivity contribution in [1.82, 2.24) is 0 Å². The van der Waals surface area contributed by atoms with Gasteiger partial charge in [0.15, 0.2) is 0 Å². The summed E-state index contributed by atoms with van der Waals surface area (Å²) in [7, 11) is -0.422. The van der Waals surface area contributed by atoms with Crippen LogP contribution in [0.1, 0.15) is 19.8 Å². The molecule has 0 spiro atoms. The molecule has 0 radical (unpaired) electrons. The lowest BCUT2D eigenvalue weighted by Crippen LogP contribution is -2.22. The molecule has 0 bridgehead atoms. The van der Waals surface area contributed by atoms with E-state index in [1.165, 1.54) is 16.2 Å². The largest absolute Gasteiger partial charge is 0.388 e. The number of aliphatic hydroxyl groups excluding tert-OH is 1. The van der Waals surface area contributed by atoms with E-state index in [2.05, 4.69) is 80.2 Å². The number of hydrogen-bond donors (Lipinski definition) is 1. The third-order valence-electron chi connectivity index (χ3n) is 4.66. The third-order valence-corrected chi connectivity index (χ3v) is 7.06. The zero-order chi connectivity index (χ0) is 16.9. The van der Waals surface area contributed by atoms with Crippen LogP contribution in [0.2, 0.25) is 0 Å². The monoisotopic (exact) mass is 336 g/mol. The predicted octanol–water partition coefficient (Wildman–Crippen LogP) is 4.39. The van der Waals surface area contributed by atoms with Crippen molar-refractivity contribution in [3.8, 4) is 0 Å². The molecular weight excluding hydrogens is 311 g/mol. The molecule has 2 heteroatoms. The number of allylic oxidation sites excluding steroid dienone is 1. The highest BCUT2D eigenvalue weighted by Gasteiger charge is 2.24. The fourth-order valence-corrected chi connectivity index (χ4v) is 5.51. The Morgan fingerprint density at radius 3 is 2.12 bits per heavy atom. The van der Waals surface area contributed by atoms with Crippen LogP contribution in [0.3, 0.4) is 0 Å². The highest BCUT2D eigenvalue weighted by molar-refractivity contribution is 7.73. The quantitative estimate of drug-likeness (QED) is 0.821. The van der Waals surface area contributed by atoms with Crippen LogP contribution in [0, 0.1) is 5.92 Å². The molecule has 2 atom stereocenters. The Morgan fingerprint density at radius 2 is 1.58 bits per heavy atom. The molecule has 0 aromatic heterocycles. The minimum Gasteiger partial charge on any atom is -0.388 e. The maximum Gasteiger partial charge on any atom is 0.0789 e. The Bertz CT molecular complexity index is 666. The van der Waals surface area contributed by atoms with Crippen molar-refractivity contribution < 1.29 is 5.11 Å². The van der Waals surface area contributed by atoms with E-state index in [9.17, 15) is 5.11 Å². The first-order chi connectivity index (χ1) is 11.6. The summed E-state index contributed by atoms with van der Waals surface area (Å²) in [4.78, 5) is 0. The van der Waals surface area contributed by atoms with Crippen molar-refractivity contribution in [3.05, 3.63) is 84.5 Å². The van der Waals surface area contributed by atoms with Crippen molar-refractivity contribution in [2.75, 3.05) is 6.16 Å². The van der Waals surface area contributed by atoms with Crippen LogP contribution in [-0.4, -0.2) is 17.4 Å². The molecule has 2 aromatic rings. The van der Waals surface area contributed by atoms with Gasteiger partial charge >= 0.3 is 0 Å². The molecule has 1 saturated carbocycles. The first kappa shape index (κ1) is 17.1. The summed E-state index contributed by atoms with van der Waals surface area (Å²) in [6.45, 7) is 6.33. The van der Waals surface area contributed by atoms with Crippen LogP contribution >= 0.6 is 7.92 Å². The Labute approximate surface area is 146 Å². The van der Waals surface area contributed by atoms with Gasteiger partial charge in [-0.2, -0.15) is 0 Å². The third kappa shape index (κ3) is 4.04. The van der Waals surface area contributed by atoms with Crippen molar-refractivity contribution in [2.45, 2.75) is 25.9 Å². The standard InChI is InChI=1S/C22H25OP/c1-17-15-19(18(2)22(23)16-17)13-14-24(20-9-5-3-6-10-20)21-11-7-4-8-12-21/h3-13,17,22-23H,2,14-16H2,1H3/b19-13-. The highest BCUT2D eigenvalue weighted by Crippen LogP contribution is 2.37. The Balaban J connectivity index is 1.87. The van der Waals surface area contributed by atoms with Crippen molar-refractivity contribution in [1.29, 1.82) is 0 Å². The molecule has 1 aliphatic rings. The summed E-state index contributed by atoms with van der Waals surface area (Å²) in [6, 6.07) is 21.5. The topological polar surface area (TPSA) is 20.2 Å². The normalized spacial score (nSPS) is 23.0. The van der Waals surface area contributed by atoms with E-state index in [1.54, 1.807) is 0 Å². The number of hydrogen-bond acceptors (Lipinski definition) is 1. The minimum atomic E-state index is -0.422. The molecule has 1 aliphatic carbocycles. The lowest BCUT2D eigenvalue weighted by Gasteiger charge is -2.28. The van der Waals surface area contributed by atoms with Gasteiger partial charge in [-0.3, -0.25) is 0 Å². The Morgan fingerprint density at radius 1 is 1.04 bits per heavy atom. The first-order valence-corrected chi connectivity index (χ1v) is 10.1. The molecule has 0 heterocycles. The summed E-state index contributed by atoms with van der Waals surface area (Å²) in [5, 5.41) is 13.0. The minimum absolute atomic E-state index is 0.375. The average Bonchev–Trinajstić information content (AvgIpc) is 2.61. The molecule has 2 aromatic carbocycles. The van der Waals surface area contributed by atoms with Gasteiger partial charge in [-0.25, -0.2) is 0 Å². The van der Waals surface area contributed by atoms with E-state index in [0.29, 0.717) is 5.92 Å². The van der Waals surface area contributed by atoms with Gasteiger partial charge in [-0.05, 0) is 54.6 Å². The maximum atomic E-state index is 10.2. The summed E-state index contributed by atoms with van der Waals surface area (Å²) < 4.78 is 0. The van der Waals surface area contributed by atoms with Gasteiger partial charge in [-0.15, -0.1) is 0 Å². The molecule has 1 fully saturated rings. The second kappa shape index (κ2) is 7.92. The van der Waals surface area contributed by atoms with Gasteiger partial charge in [0.1, 0.15) is 0 Å². The van der Waals surface area contributed by atoms with E-state index < -0.39 is 7.92 Å². The predicted molar refractivity (Wildman–Crippen MR) is 106 cm³/mol. The maximum absolute atomic E-state index is 10.2. The van der Waals surface area contributed by atoms with E-state index in [0.717, 1.165) is 24.6 Å². The molecule has 1 N–H and O–H groups in total. The van der Waals surface area contributed by atoms with E-state index in [1.807, 2.05) is 0 Å². The molecule has 0 saturated heterocycles. The second-order valence-electron chi connectivity index (χ2n) is 6.60. The molecule has 2 unspecified atom stereocenters. The van der Waals surface area contributed by atoms with Crippen molar-refractivity contribution >= 4 is 18.5 Å². The van der Waals surface area contributed by atoms with Crippen LogP contribution in [0.25, 0.3) is 0 Å². The lowest BCUT2D eigenvalue weighted by atomic mass is 9.82. The van der Waals surface area contributed by atoms with E-state index >= 15 is 0 Å². The van der Waals surface area contributed by atoms with Crippen LogP contribution in [0.15, 0.2) is 84.5 Å². The number of aliphatic hydroxyl groups is 1. The Hall–Kier alpha value is -1.69. The molecule has 124 valence electrons. The molecule has 0 amide bonds. The van der Waals surface area contributed by atoms with Gasteiger partial charge in [-0.1, -0.05) is 80.2 Å². The zero-order valence-electron chi connectivity index (χ0n) is 14.2. The number of rotatable bonds is 4. The van der Waals surface area contributed by atoms with E-state index in [4.69, 9.17) is 0 Å². The van der Waals surface area contributed by atoms with E-state index in [-0.39, 0.29) is 6.10 Å². The lowest BCUT2D eigenvalue weighted by molar-refractivity contribution is 0.169.